The van der Waals surface area contributed by atoms with Crippen LogP contribution in [0.5, 0.6) is 11.5 Å². The highest BCUT2D eigenvalue weighted by Gasteiger charge is 2.22. The van der Waals surface area contributed by atoms with Crippen LogP contribution >= 0.6 is 0 Å². The van der Waals surface area contributed by atoms with E-state index in [-0.39, 0.29) is 0 Å². The first kappa shape index (κ1) is 14.7. The lowest BCUT2D eigenvalue weighted by atomic mass is 9.95. The van der Waals surface area contributed by atoms with E-state index in [2.05, 4.69) is 17.4 Å². The summed E-state index contributed by atoms with van der Waals surface area (Å²) < 4.78 is 11.2. The Bertz CT molecular complexity index is 463. The number of rotatable bonds is 4. The molecule has 0 spiro atoms. The van der Waals surface area contributed by atoms with Gasteiger partial charge in [-0.05, 0) is 36.5 Å². The third kappa shape index (κ3) is 3.69. The van der Waals surface area contributed by atoms with Crippen molar-refractivity contribution in [2.45, 2.75) is 44.7 Å². The van der Waals surface area contributed by atoms with Crippen molar-refractivity contribution in [3.63, 3.8) is 0 Å². The number of hydrogen-bond acceptors (Lipinski definition) is 4. The summed E-state index contributed by atoms with van der Waals surface area (Å²) in [5.74, 6) is 2.08. The van der Waals surface area contributed by atoms with Gasteiger partial charge in [-0.2, -0.15) is 0 Å². The van der Waals surface area contributed by atoms with Crippen molar-refractivity contribution in [1.82, 2.24) is 5.32 Å². The average Bonchev–Trinajstić information content (AvgIpc) is 2.77. The summed E-state index contributed by atoms with van der Waals surface area (Å²) in [4.78, 5) is 0. The van der Waals surface area contributed by atoms with Gasteiger partial charge in [0.05, 0.1) is 0 Å². The van der Waals surface area contributed by atoms with Gasteiger partial charge in [-0.15, -0.1) is 0 Å². The number of fused-ring (bicyclic) bond motifs is 1. The first-order valence-corrected chi connectivity index (χ1v) is 8.09. The van der Waals surface area contributed by atoms with Crippen molar-refractivity contribution in [2.75, 3.05) is 19.8 Å². The van der Waals surface area contributed by atoms with Crippen LogP contribution in [0.1, 0.15) is 37.7 Å². The Balaban J connectivity index is 1.61. The van der Waals surface area contributed by atoms with Crippen molar-refractivity contribution in [1.29, 1.82) is 0 Å². The van der Waals surface area contributed by atoms with E-state index in [4.69, 9.17) is 9.47 Å². The molecular formula is C17H25NO3. The van der Waals surface area contributed by atoms with Crippen molar-refractivity contribution < 1.29 is 14.6 Å². The van der Waals surface area contributed by atoms with Crippen molar-refractivity contribution >= 4 is 0 Å². The molecule has 0 aromatic heterocycles. The van der Waals surface area contributed by atoms with Gasteiger partial charge in [-0.25, -0.2) is 0 Å². The molecule has 21 heavy (non-hydrogen) atoms. The molecule has 3 rings (SSSR count). The van der Waals surface area contributed by atoms with E-state index in [1.54, 1.807) is 0 Å². The molecule has 0 radical (unpaired) electrons. The lowest BCUT2D eigenvalue weighted by molar-refractivity contribution is 0.171. The fourth-order valence-electron chi connectivity index (χ4n) is 3.32. The number of ether oxygens (including phenoxy) is 2. The second-order valence-corrected chi connectivity index (χ2v) is 6.05. The normalized spacial score (nSPS) is 25.4. The molecule has 0 saturated heterocycles. The molecule has 1 aromatic rings. The zero-order valence-corrected chi connectivity index (χ0v) is 12.5. The van der Waals surface area contributed by atoms with Crippen molar-refractivity contribution in [3.8, 4) is 11.5 Å². The van der Waals surface area contributed by atoms with Gasteiger partial charge in [0.25, 0.3) is 0 Å². The maximum absolute atomic E-state index is 9.57. The topological polar surface area (TPSA) is 50.7 Å². The molecule has 2 atom stereocenters. The highest BCUT2D eigenvalue weighted by atomic mass is 16.6. The molecule has 2 unspecified atom stereocenters. The highest BCUT2D eigenvalue weighted by molar-refractivity contribution is 5.43. The summed E-state index contributed by atoms with van der Waals surface area (Å²) in [5.41, 5.74) is 1.21. The molecule has 1 aromatic carbocycles. The van der Waals surface area contributed by atoms with Gasteiger partial charge in [-0.1, -0.05) is 25.3 Å². The Morgan fingerprint density at radius 1 is 1.05 bits per heavy atom. The molecule has 1 heterocycles. The molecule has 0 amide bonds. The predicted octanol–water partition coefficient (Wildman–Crippen LogP) is 2.49. The lowest BCUT2D eigenvalue weighted by Gasteiger charge is -2.25. The Labute approximate surface area is 126 Å². The van der Waals surface area contributed by atoms with E-state index >= 15 is 0 Å². The third-order valence-electron chi connectivity index (χ3n) is 4.57. The Morgan fingerprint density at radius 2 is 1.86 bits per heavy atom. The number of benzene rings is 1. The van der Waals surface area contributed by atoms with Crippen LogP contribution < -0.4 is 14.8 Å². The van der Waals surface area contributed by atoms with E-state index in [0.717, 1.165) is 30.9 Å². The third-order valence-corrected chi connectivity index (χ3v) is 4.57. The van der Waals surface area contributed by atoms with Crippen LogP contribution in [0, 0.1) is 5.92 Å². The van der Waals surface area contributed by atoms with Gasteiger partial charge >= 0.3 is 0 Å². The number of aliphatic hydroxyl groups excluding tert-OH is 1. The SMILES string of the molecule is OCC1CCCCCC1NCc1ccc2c(c1)OCCO2. The van der Waals surface area contributed by atoms with Gasteiger partial charge < -0.3 is 19.9 Å². The fraction of sp³-hybridized carbons (Fsp3) is 0.647. The van der Waals surface area contributed by atoms with Crippen molar-refractivity contribution in [2.24, 2.45) is 5.92 Å². The average molecular weight is 291 g/mol. The van der Waals surface area contributed by atoms with E-state index in [1.807, 2.05) is 6.07 Å². The van der Waals surface area contributed by atoms with Crippen LogP contribution in [0.2, 0.25) is 0 Å². The van der Waals surface area contributed by atoms with Crippen LogP contribution in [0.4, 0.5) is 0 Å². The maximum atomic E-state index is 9.57. The summed E-state index contributed by atoms with van der Waals surface area (Å²) >= 11 is 0. The van der Waals surface area contributed by atoms with Gasteiger partial charge in [0, 0.05) is 19.2 Å². The minimum absolute atomic E-state index is 0.290. The highest BCUT2D eigenvalue weighted by Crippen LogP contribution is 2.31. The Kier molecular flexibility index (Phi) is 4.99. The van der Waals surface area contributed by atoms with Crippen LogP contribution in [-0.2, 0) is 6.54 Å². The van der Waals surface area contributed by atoms with Gasteiger partial charge in [0.2, 0.25) is 0 Å². The summed E-state index contributed by atoms with van der Waals surface area (Å²) in [6.45, 7) is 2.36. The van der Waals surface area contributed by atoms with Gasteiger partial charge in [0.1, 0.15) is 13.2 Å². The molecule has 1 saturated carbocycles. The fourth-order valence-corrected chi connectivity index (χ4v) is 3.32. The molecule has 1 fully saturated rings. The van der Waals surface area contributed by atoms with Crippen LogP contribution in [0.25, 0.3) is 0 Å². The van der Waals surface area contributed by atoms with E-state index < -0.39 is 0 Å². The summed E-state index contributed by atoms with van der Waals surface area (Å²) in [5, 5.41) is 13.2. The molecule has 2 aliphatic rings. The molecule has 1 aliphatic carbocycles. The van der Waals surface area contributed by atoms with Gasteiger partial charge in [0.15, 0.2) is 11.5 Å². The standard InChI is InChI=1S/C17H25NO3/c19-12-14-4-2-1-3-5-15(14)18-11-13-6-7-16-17(10-13)21-9-8-20-16/h6-7,10,14-15,18-19H,1-5,8-9,11-12H2. The summed E-state index contributed by atoms with van der Waals surface area (Å²) in [6, 6.07) is 6.56. The summed E-state index contributed by atoms with van der Waals surface area (Å²) in [6.07, 6.45) is 6.09. The minimum Gasteiger partial charge on any atom is -0.486 e. The zero-order chi connectivity index (χ0) is 14.5. The van der Waals surface area contributed by atoms with Crippen LogP contribution in [0.3, 0.4) is 0 Å². The Hall–Kier alpha value is -1.26. The van der Waals surface area contributed by atoms with Gasteiger partial charge in [-0.3, -0.25) is 0 Å². The number of aliphatic hydroxyl groups is 1. The molecular weight excluding hydrogens is 266 g/mol. The molecule has 116 valence electrons. The molecule has 4 heteroatoms. The zero-order valence-electron chi connectivity index (χ0n) is 12.5. The van der Waals surface area contributed by atoms with E-state index in [1.165, 1.54) is 24.8 Å². The molecule has 0 bridgehead atoms. The van der Waals surface area contributed by atoms with E-state index in [9.17, 15) is 5.11 Å². The van der Waals surface area contributed by atoms with Crippen LogP contribution in [0.15, 0.2) is 18.2 Å². The monoisotopic (exact) mass is 291 g/mol. The number of hydrogen-bond donors (Lipinski definition) is 2. The van der Waals surface area contributed by atoms with E-state index in [0.29, 0.717) is 31.8 Å². The lowest BCUT2D eigenvalue weighted by Crippen LogP contribution is -2.36. The second-order valence-electron chi connectivity index (χ2n) is 6.05. The first-order chi connectivity index (χ1) is 10.4. The first-order valence-electron chi connectivity index (χ1n) is 8.09. The van der Waals surface area contributed by atoms with Crippen LogP contribution in [-0.4, -0.2) is 31.0 Å². The number of nitrogens with one attached hydrogen (secondary N) is 1. The Morgan fingerprint density at radius 3 is 2.71 bits per heavy atom. The molecule has 1 aliphatic heterocycles. The second kappa shape index (κ2) is 7.14. The quantitative estimate of drug-likeness (QED) is 0.837. The summed E-state index contributed by atoms with van der Waals surface area (Å²) in [7, 11) is 0. The predicted molar refractivity (Wildman–Crippen MR) is 81.7 cm³/mol. The molecule has 4 nitrogen and oxygen atoms in total. The smallest absolute Gasteiger partial charge is 0.161 e. The maximum Gasteiger partial charge on any atom is 0.161 e. The van der Waals surface area contributed by atoms with Crippen molar-refractivity contribution in [3.05, 3.63) is 23.8 Å². The minimum atomic E-state index is 0.290. The largest absolute Gasteiger partial charge is 0.486 e. The molecule has 2 N–H and O–H groups in total.